The summed E-state index contributed by atoms with van der Waals surface area (Å²) in [6.07, 6.45) is 15.2. The zero-order chi connectivity index (χ0) is 52.9. The quantitative estimate of drug-likeness (QED) is 0.113. The molecule has 6 aromatic rings. The molecule has 0 spiro atoms. The van der Waals surface area contributed by atoms with E-state index in [0.29, 0.717) is 11.8 Å². The zero-order valence-electron chi connectivity index (χ0n) is 47.5. The molecule has 6 aromatic carbocycles. The van der Waals surface area contributed by atoms with E-state index in [1.165, 1.54) is 139 Å². The Morgan fingerprint density at radius 3 is 0.878 bits per heavy atom. The maximum atomic E-state index is 9.66. The van der Waals surface area contributed by atoms with E-state index in [1.807, 2.05) is 0 Å². The van der Waals surface area contributed by atoms with Gasteiger partial charge in [0.05, 0.1) is 0 Å². The Bertz CT molecular complexity index is 2920. The predicted octanol–water partition coefficient (Wildman–Crippen LogP) is 21.5. The number of fused-ring (bicyclic) bond motifs is 2. The van der Waals surface area contributed by atoms with Gasteiger partial charge in [0.15, 0.2) is 0 Å². The van der Waals surface area contributed by atoms with Gasteiger partial charge in [-0.25, -0.2) is 0 Å². The van der Waals surface area contributed by atoms with Crippen LogP contribution in [0.5, 0.6) is 0 Å². The van der Waals surface area contributed by atoms with E-state index >= 15 is 0 Å². The molecule has 2 unspecified atom stereocenters. The molecule has 2 atom stereocenters. The topological polar surface area (TPSA) is 0 Å². The van der Waals surface area contributed by atoms with Gasteiger partial charge in [0.25, 0.3) is 0 Å². The van der Waals surface area contributed by atoms with Gasteiger partial charge in [-0.2, -0.15) is 0 Å². The molecule has 387 valence electrons. The Labute approximate surface area is 456 Å². The van der Waals surface area contributed by atoms with Crippen LogP contribution in [0.4, 0.5) is 0 Å². The van der Waals surface area contributed by atoms with Gasteiger partial charge in [-0.3, -0.25) is 0 Å². The summed E-state index contributed by atoms with van der Waals surface area (Å²) in [5.74, 6) is -0.639. The second-order valence-corrected chi connectivity index (χ2v) is 70.5. The Balaban J connectivity index is 1.27. The molecule has 74 heavy (non-hydrogen) atoms. The minimum absolute atomic E-state index is 0.0280. The number of rotatable bonds is 11. The molecule has 4 aliphatic carbocycles. The van der Waals surface area contributed by atoms with Crippen molar-refractivity contribution in [3.63, 3.8) is 0 Å². The van der Waals surface area contributed by atoms with Crippen molar-refractivity contribution < 1.29 is 15.6 Å². The summed E-state index contributed by atoms with van der Waals surface area (Å²) in [7, 11) is 19.3. The SMILES string of the molecule is C[SiH](C)[Zr]([Cl])([Cl])([CH]1C(CC2CCC2)=Cc2c(-c3ccc(C(C)(C)C)cc3)ccc(-c3ccc(C(C)(C)C)cc3)c21)[CH]1C(CC2CCC2)=Cc2c(-c3ccc(C(C)(C)C)cc3)ccc(-c3ccc(C(C)(C)C)cc3)c21. The molecule has 0 nitrogen and oxygen atoms in total. The fourth-order valence-corrected chi connectivity index (χ4v) is 44.3. The Morgan fingerprint density at radius 2 is 0.649 bits per heavy atom. The van der Waals surface area contributed by atoms with Gasteiger partial charge in [-0.1, -0.05) is 0 Å². The first-order valence-electron chi connectivity index (χ1n) is 28.5. The van der Waals surface area contributed by atoms with Crippen LogP contribution in [0.3, 0.4) is 0 Å². The number of halogens is 2. The van der Waals surface area contributed by atoms with Crippen LogP contribution < -0.4 is 0 Å². The molecule has 0 radical (unpaired) electrons. The average Bonchev–Trinajstić information content (AvgIpc) is 3.91. The number of hydrogen-bond donors (Lipinski definition) is 0. The first-order chi connectivity index (χ1) is 34.7. The molecule has 2 saturated carbocycles. The second-order valence-electron chi connectivity index (χ2n) is 28.0. The van der Waals surface area contributed by atoms with Gasteiger partial charge < -0.3 is 0 Å². The minimum atomic E-state index is -5.47. The van der Waals surface area contributed by atoms with Crippen molar-refractivity contribution in [1.82, 2.24) is 0 Å². The van der Waals surface area contributed by atoms with Crippen LogP contribution in [0.15, 0.2) is 132 Å². The van der Waals surface area contributed by atoms with E-state index in [9.17, 15) is 17.0 Å². The molecule has 0 aromatic heterocycles. The summed E-state index contributed by atoms with van der Waals surface area (Å²) in [4.78, 5) is 0. The van der Waals surface area contributed by atoms with Gasteiger partial charge in [-0.05, 0) is 0 Å². The summed E-state index contributed by atoms with van der Waals surface area (Å²) in [6, 6.07) is 47.8. The fourth-order valence-electron chi connectivity index (χ4n) is 13.2. The molecule has 0 N–H and O–H groups in total. The molecule has 0 bridgehead atoms. The maximum absolute atomic E-state index is 9.66. The zero-order valence-corrected chi connectivity index (χ0v) is 52.6. The Morgan fingerprint density at radius 1 is 0.392 bits per heavy atom. The number of allylic oxidation sites excluding steroid dienone is 2. The van der Waals surface area contributed by atoms with E-state index < -0.39 is 21.5 Å². The summed E-state index contributed by atoms with van der Waals surface area (Å²) in [5, 5.41) is 0. The van der Waals surface area contributed by atoms with Crippen molar-refractivity contribution in [2.45, 2.75) is 176 Å². The van der Waals surface area contributed by atoms with Gasteiger partial charge >= 0.3 is 460 Å². The van der Waals surface area contributed by atoms with Crippen LogP contribution in [-0.2, 0) is 37.2 Å². The van der Waals surface area contributed by atoms with Crippen molar-refractivity contribution in [2.75, 3.05) is 0 Å². The summed E-state index contributed by atoms with van der Waals surface area (Å²) < 4.78 is -0.0561. The second kappa shape index (κ2) is 19.4. The van der Waals surface area contributed by atoms with Crippen molar-refractivity contribution in [3.8, 4) is 44.5 Å². The third-order valence-corrected chi connectivity index (χ3v) is 70.2. The number of hydrogen-bond acceptors (Lipinski definition) is 0. The first kappa shape index (κ1) is 53.9. The van der Waals surface area contributed by atoms with Crippen LogP contribution in [0.1, 0.15) is 186 Å². The summed E-state index contributed by atoms with van der Waals surface area (Å²) in [6.45, 7) is 33.0. The third kappa shape index (κ3) is 9.79. The van der Waals surface area contributed by atoms with E-state index in [4.69, 9.17) is 0 Å². The van der Waals surface area contributed by atoms with E-state index in [-0.39, 0.29) is 28.9 Å². The Kier molecular flexibility index (Phi) is 14.1. The van der Waals surface area contributed by atoms with E-state index in [1.54, 1.807) is 0 Å². The molecule has 2 fully saturated rings. The summed E-state index contributed by atoms with van der Waals surface area (Å²) in [5.41, 5.74) is 24.5. The number of benzene rings is 6. The van der Waals surface area contributed by atoms with Crippen molar-refractivity contribution in [2.24, 2.45) is 11.8 Å². The van der Waals surface area contributed by atoms with E-state index in [2.05, 4.69) is 230 Å². The van der Waals surface area contributed by atoms with E-state index in [0.717, 1.165) is 12.8 Å². The fraction of sp³-hybridized carbons (Fsp3) is 0.429. The first-order valence-corrected chi connectivity index (χ1v) is 44.8. The predicted molar refractivity (Wildman–Crippen MR) is 325 cm³/mol. The molecular weight excluding hydrogens is 1030 g/mol. The molecule has 0 amide bonds. The van der Waals surface area contributed by atoms with Crippen LogP contribution in [-0.4, -0.2) is 5.92 Å². The molecule has 0 aliphatic heterocycles. The van der Waals surface area contributed by atoms with Crippen LogP contribution >= 0.6 is 17.0 Å². The van der Waals surface area contributed by atoms with Gasteiger partial charge in [0.2, 0.25) is 0 Å². The Hall–Kier alpha value is -3.52. The van der Waals surface area contributed by atoms with Gasteiger partial charge in [0, 0.05) is 0 Å². The summed E-state index contributed by atoms with van der Waals surface area (Å²) >= 11 is -5.47. The van der Waals surface area contributed by atoms with Gasteiger partial charge in [-0.15, -0.1) is 0 Å². The van der Waals surface area contributed by atoms with Crippen LogP contribution in [0.2, 0.25) is 13.1 Å². The standard InChI is InChI=1S/2C34H39.C2H7Si.2ClH.Zr/c2*1-33(2,3)27-14-10-25(11-15-27)29-18-19-30(26-12-16-28(17-13-26)34(4,5)6)32-22-24(21-31(29)32)20-23-8-7-9-23;1-3-2;;;/h2*10-19,21-23H,7-9,20H2,1-6H3;3H,1-2H3;2*1H;/q;;;;;+2/p-2. The van der Waals surface area contributed by atoms with Gasteiger partial charge in [0.1, 0.15) is 0 Å². The molecule has 10 rings (SSSR count). The normalized spacial score (nSPS) is 19.1. The van der Waals surface area contributed by atoms with Crippen molar-refractivity contribution in [1.29, 1.82) is 0 Å². The average molecular weight is 1120 g/mol. The molecule has 4 aliphatic rings. The third-order valence-electron chi connectivity index (χ3n) is 18.5. The van der Waals surface area contributed by atoms with Crippen molar-refractivity contribution >= 4 is 35.1 Å². The molecule has 0 heterocycles. The van der Waals surface area contributed by atoms with Crippen LogP contribution in [0.25, 0.3) is 56.7 Å². The van der Waals surface area contributed by atoms with Crippen molar-refractivity contribution in [3.05, 3.63) is 177 Å². The monoisotopic (exact) mass is 1110 g/mol. The van der Waals surface area contributed by atoms with Crippen LogP contribution in [0, 0.1) is 11.8 Å². The molecule has 0 saturated heterocycles. The molecule has 4 heteroatoms. The molecular formula is C70H85Cl2SiZr.